The van der Waals surface area contributed by atoms with Crippen molar-refractivity contribution in [3.8, 4) is 5.75 Å². The molecule has 0 aromatic heterocycles. The summed E-state index contributed by atoms with van der Waals surface area (Å²) in [5.41, 5.74) is 0.358. The van der Waals surface area contributed by atoms with Crippen molar-refractivity contribution in [2.75, 3.05) is 13.1 Å². The third-order valence-corrected chi connectivity index (χ3v) is 3.15. The number of aromatic hydroxyl groups is 1. The topological polar surface area (TPSA) is 78.4 Å². The molecule has 2 rings (SSSR count). The first kappa shape index (κ1) is 16.5. The summed E-state index contributed by atoms with van der Waals surface area (Å²) in [5, 5.41) is 14.6. The normalized spacial score (nSPS) is 10.1. The molecule has 6 heteroatoms. The van der Waals surface area contributed by atoms with E-state index in [1.54, 1.807) is 18.2 Å². The smallest absolute Gasteiger partial charge is 0.254 e. The van der Waals surface area contributed by atoms with Crippen LogP contribution in [0.1, 0.15) is 27.1 Å². The Balaban J connectivity index is 1.71. The Kier molecular flexibility index (Phi) is 5.68. The molecule has 0 spiro atoms. The second kappa shape index (κ2) is 7.93. The van der Waals surface area contributed by atoms with Gasteiger partial charge in [-0.2, -0.15) is 0 Å². The van der Waals surface area contributed by atoms with Crippen LogP contribution in [-0.4, -0.2) is 30.0 Å². The molecular formula is C17H17FN2O3. The zero-order valence-corrected chi connectivity index (χ0v) is 12.4. The first-order valence-electron chi connectivity index (χ1n) is 7.18. The molecule has 0 fully saturated rings. The maximum atomic E-state index is 13.4. The lowest BCUT2D eigenvalue weighted by molar-refractivity contribution is 0.0949. The lowest BCUT2D eigenvalue weighted by Crippen LogP contribution is -2.30. The van der Waals surface area contributed by atoms with Gasteiger partial charge in [0.2, 0.25) is 0 Å². The van der Waals surface area contributed by atoms with Gasteiger partial charge in [-0.15, -0.1) is 0 Å². The summed E-state index contributed by atoms with van der Waals surface area (Å²) in [6.45, 7) is 0.666. The van der Waals surface area contributed by atoms with Crippen LogP contribution in [0.3, 0.4) is 0 Å². The number of nitrogens with one attached hydrogen (secondary N) is 2. The summed E-state index contributed by atoms with van der Waals surface area (Å²) >= 11 is 0. The molecule has 0 aliphatic carbocycles. The van der Waals surface area contributed by atoms with Gasteiger partial charge in [0.1, 0.15) is 11.6 Å². The second-order valence-corrected chi connectivity index (χ2v) is 4.90. The summed E-state index contributed by atoms with van der Waals surface area (Å²) in [4.78, 5) is 23.6. The van der Waals surface area contributed by atoms with Crippen LogP contribution in [0.5, 0.6) is 5.75 Å². The van der Waals surface area contributed by atoms with E-state index in [2.05, 4.69) is 10.6 Å². The van der Waals surface area contributed by atoms with Gasteiger partial charge in [-0.25, -0.2) is 4.39 Å². The number of halogens is 1. The van der Waals surface area contributed by atoms with E-state index in [-0.39, 0.29) is 17.2 Å². The van der Waals surface area contributed by atoms with Crippen LogP contribution in [0.15, 0.2) is 48.5 Å². The van der Waals surface area contributed by atoms with Gasteiger partial charge in [0, 0.05) is 18.7 Å². The van der Waals surface area contributed by atoms with Gasteiger partial charge >= 0.3 is 0 Å². The first-order chi connectivity index (χ1) is 11.1. The molecule has 2 amide bonds. The average Bonchev–Trinajstić information content (AvgIpc) is 2.54. The molecule has 0 bridgehead atoms. The Morgan fingerprint density at radius 1 is 0.957 bits per heavy atom. The molecule has 2 aromatic rings. The fourth-order valence-corrected chi connectivity index (χ4v) is 1.98. The van der Waals surface area contributed by atoms with Crippen molar-refractivity contribution in [3.05, 3.63) is 65.5 Å². The molecule has 0 radical (unpaired) electrons. The number of hydrogen-bond donors (Lipinski definition) is 3. The Morgan fingerprint density at radius 2 is 1.65 bits per heavy atom. The van der Waals surface area contributed by atoms with Gasteiger partial charge in [0.15, 0.2) is 0 Å². The molecule has 0 saturated heterocycles. The highest BCUT2D eigenvalue weighted by atomic mass is 19.1. The largest absolute Gasteiger partial charge is 0.508 e. The molecule has 2 aromatic carbocycles. The van der Waals surface area contributed by atoms with E-state index in [9.17, 15) is 19.1 Å². The number of hydrogen-bond acceptors (Lipinski definition) is 3. The minimum atomic E-state index is -0.567. The van der Waals surface area contributed by atoms with Crippen molar-refractivity contribution in [2.24, 2.45) is 0 Å². The van der Waals surface area contributed by atoms with Crippen molar-refractivity contribution in [3.63, 3.8) is 0 Å². The number of carbonyl (C=O) groups is 2. The number of amides is 2. The molecule has 3 N–H and O–H groups in total. The number of phenols is 1. The summed E-state index contributed by atoms with van der Waals surface area (Å²) in [7, 11) is 0. The zero-order valence-electron chi connectivity index (χ0n) is 12.4. The van der Waals surface area contributed by atoms with Gasteiger partial charge in [-0.3, -0.25) is 9.59 Å². The van der Waals surface area contributed by atoms with E-state index in [1.165, 1.54) is 30.3 Å². The minimum Gasteiger partial charge on any atom is -0.508 e. The third kappa shape index (κ3) is 4.81. The standard InChI is InChI=1S/C17H17FN2O3/c18-15-8-2-1-7-14(15)17(23)20-10-4-9-19-16(22)12-5-3-6-13(21)11-12/h1-3,5-8,11,21H,4,9-10H2,(H,19,22)(H,20,23). The second-order valence-electron chi connectivity index (χ2n) is 4.90. The molecule has 5 nitrogen and oxygen atoms in total. The van der Waals surface area contributed by atoms with Crippen LogP contribution >= 0.6 is 0 Å². The molecule has 120 valence electrons. The van der Waals surface area contributed by atoms with Crippen LogP contribution in [0, 0.1) is 5.82 Å². The van der Waals surface area contributed by atoms with Crippen molar-refractivity contribution in [2.45, 2.75) is 6.42 Å². The number of carbonyl (C=O) groups excluding carboxylic acids is 2. The molecule has 0 saturated carbocycles. The molecule has 0 aliphatic heterocycles. The summed E-state index contributed by atoms with van der Waals surface area (Å²) < 4.78 is 13.4. The number of benzene rings is 2. The van der Waals surface area contributed by atoms with Crippen LogP contribution in [0.2, 0.25) is 0 Å². The van der Waals surface area contributed by atoms with Crippen molar-refractivity contribution in [1.29, 1.82) is 0 Å². The fraction of sp³-hybridized carbons (Fsp3) is 0.176. The minimum absolute atomic E-state index is 0.00343. The van der Waals surface area contributed by atoms with E-state index in [0.717, 1.165) is 0 Å². The third-order valence-electron chi connectivity index (χ3n) is 3.15. The van der Waals surface area contributed by atoms with E-state index in [0.29, 0.717) is 25.1 Å². The van der Waals surface area contributed by atoms with Crippen molar-refractivity contribution >= 4 is 11.8 Å². The van der Waals surface area contributed by atoms with Crippen molar-refractivity contribution in [1.82, 2.24) is 10.6 Å². The molecule has 23 heavy (non-hydrogen) atoms. The monoisotopic (exact) mass is 316 g/mol. The maximum absolute atomic E-state index is 13.4. The van der Waals surface area contributed by atoms with Gasteiger partial charge in [0.25, 0.3) is 11.8 Å². The predicted octanol–water partition coefficient (Wildman–Crippen LogP) is 2.08. The van der Waals surface area contributed by atoms with Crippen LogP contribution in [0.4, 0.5) is 4.39 Å². The van der Waals surface area contributed by atoms with Gasteiger partial charge in [0.05, 0.1) is 5.56 Å². The van der Waals surface area contributed by atoms with E-state index in [1.807, 2.05) is 0 Å². The number of phenolic OH excluding ortho intramolecular Hbond substituents is 1. The predicted molar refractivity (Wildman–Crippen MR) is 83.8 cm³/mol. The van der Waals surface area contributed by atoms with Crippen LogP contribution < -0.4 is 10.6 Å². The first-order valence-corrected chi connectivity index (χ1v) is 7.18. The molecule has 0 unspecified atom stereocenters. The van der Waals surface area contributed by atoms with Gasteiger partial charge in [-0.05, 0) is 36.8 Å². The Morgan fingerprint density at radius 3 is 2.35 bits per heavy atom. The van der Waals surface area contributed by atoms with E-state index < -0.39 is 11.7 Å². The summed E-state index contributed by atoms with van der Waals surface area (Å²) in [6, 6.07) is 11.8. The molecular weight excluding hydrogens is 299 g/mol. The summed E-state index contributed by atoms with van der Waals surface area (Å²) in [6.07, 6.45) is 0.505. The SMILES string of the molecule is O=C(NCCCNC(=O)c1ccccc1F)c1cccc(O)c1. The Bertz CT molecular complexity index is 704. The van der Waals surface area contributed by atoms with Crippen molar-refractivity contribution < 1.29 is 19.1 Å². The quantitative estimate of drug-likeness (QED) is 0.714. The van der Waals surface area contributed by atoms with Crippen LogP contribution in [-0.2, 0) is 0 Å². The highest BCUT2D eigenvalue weighted by molar-refractivity contribution is 5.95. The lowest BCUT2D eigenvalue weighted by atomic mass is 10.2. The molecule has 0 atom stereocenters. The van der Waals surface area contributed by atoms with Gasteiger partial charge < -0.3 is 15.7 Å². The fourth-order valence-electron chi connectivity index (χ4n) is 1.98. The Hall–Kier alpha value is -2.89. The van der Waals surface area contributed by atoms with E-state index >= 15 is 0 Å². The van der Waals surface area contributed by atoms with Crippen LogP contribution in [0.25, 0.3) is 0 Å². The maximum Gasteiger partial charge on any atom is 0.254 e. The zero-order chi connectivity index (χ0) is 16.7. The Labute approximate surface area is 133 Å². The summed E-state index contributed by atoms with van der Waals surface area (Å²) in [5.74, 6) is -1.33. The highest BCUT2D eigenvalue weighted by Gasteiger charge is 2.10. The van der Waals surface area contributed by atoms with E-state index in [4.69, 9.17) is 0 Å². The highest BCUT2D eigenvalue weighted by Crippen LogP contribution is 2.10. The average molecular weight is 316 g/mol. The molecule has 0 aliphatic rings. The van der Waals surface area contributed by atoms with Gasteiger partial charge in [-0.1, -0.05) is 18.2 Å². The number of rotatable bonds is 6. The molecule has 0 heterocycles. The lowest BCUT2D eigenvalue weighted by Gasteiger charge is -2.07.